The summed E-state index contributed by atoms with van der Waals surface area (Å²) >= 11 is 2.72. The third-order valence-electron chi connectivity index (χ3n) is 11.8. The molecule has 0 spiro atoms. The number of thiophene rings is 3. The number of aryl methyl sites for hydroxylation is 3. The van der Waals surface area contributed by atoms with Gasteiger partial charge in [0.2, 0.25) is 0 Å². The molecule has 0 bridgehead atoms. The Labute approximate surface area is 328 Å². The molecule has 3 unspecified atom stereocenters. The molecule has 6 heterocycles. The first kappa shape index (κ1) is 39.7. The first-order valence-corrected chi connectivity index (χ1v) is 27.6. The average Bonchev–Trinajstić information content (AvgIpc) is 3.98. The summed E-state index contributed by atoms with van der Waals surface area (Å²) in [4.78, 5) is 36.4. The van der Waals surface area contributed by atoms with Crippen LogP contribution in [0.15, 0.2) is 28.7 Å². The van der Waals surface area contributed by atoms with Crippen LogP contribution in [0, 0.1) is 25.7 Å². The maximum atomic E-state index is 14.2. The zero-order valence-electron chi connectivity index (χ0n) is 32.9. The van der Waals surface area contributed by atoms with Gasteiger partial charge in [0.15, 0.2) is 0 Å². The molecule has 2 aliphatic rings. The molecule has 2 aliphatic heterocycles. The summed E-state index contributed by atoms with van der Waals surface area (Å²) in [5, 5.41) is 1.29. The summed E-state index contributed by atoms with van der Waals surface area (Å²) in [7, 11) is 0. The molecule has 0 saturated carbocycles. The second-order valence-electron chi connectivity index (χ2n) is 15.7. The number of nitrogens with zero attached hydrogens (tertiary/aromatic N) is 1. The number of unbranched alkanes of at least 4 members (excludes halogenated alkanes) is 6. The Hall–Kier alpha value is -1.94. The number of furan rings is 1. The van der Waals surface area contributed by atoms with Crippen LogP contribution in [0.3, 0.4) is 0 Å². The molecule has 52 heavy (non-hydrogen) atoms. The average molecular weight is 821 g/mol. The van der Waals surface area contributed by atoms with Crippen LogP contribution in [0.5, 0.6) is 0 Å². The van der Waals surface area contributed by atoms with Crippen LogP contribution in [0.4, 0.5) is 0 Å². The zero-order valence-corrected chi connectivity index (χ0v) is 37.4. The van der Waals surface area contributed by atoms with Crippen LogP contribution < -0.4 is 12.5 Å². The van der Waals surface area contributed by atoms with E-state index in [2.05, 4.69) is 77.1 Å². The molecule has 3 atom stereocenters. The van der Waals surface area contributed by atoms with Crippen LogP contribution in [0.1, 0.15) is 161 Å². The number of amides is 2. The van der Waals surface area contributed by atoms with Crippen LogP contribution in [-0.2, 0) is 6.42 Å². The topological polar surface area (TPSA) is 50.5 Å². The normalized spacial score (nSPS) is 17.6. The SMILES string of the molecule is CCCCCCC(CCCC)[CH2][Ge]1([c]2ccc(CCCC)s2)[c]2cc(C)sc2-c2sc(-c3oc(C)c4c3C(=O)N(CC(CC)CCCC)C4=O)c[c]21. The van der Waals surface area contributed by atoms with E-state index in [4.69, 9.17) is 4.42 Å². The van der Waals surface area contributed by atoms with Crippen LogP contribution >= 0.6 is 34.0 Å². The predicted octanol–water partition coefficient (Wildman–Crippen LogP) is 12.1. The standard InChI is InChI=1S/C44H61GeNO3S3/c1-8-13-17-18-21-32(20-15-10-3)27-45(37-24-23-33(51-37)22-16-11-4)34-25-29(6)50-41(34)42-35(45)26-36(52-42)40-39-38(30(7)49-40)43(47)46(44(39)48)28-31(12-5)19-14-9-2/h23-26,31-32H,8-22,27-28H2,1-7H3. The summed E-state index contributed by atoms with van der Waals surface area (Å²) in [6.45, 7) is 16.0. The van der Waals surface area contributed by atoms with E-state index >= 15 is 0 Å². The maximum absolute atomic E-state index is 14.2. The van der Waals surface area contributed by atoms with Gasteiger partial charge in [-0.1, -0.05) is 6.92 Å². The van der Waals surface area contributed by atoms with E-state index in [1.165, 1.54) is 93.9 Å². The number of fused-ring (bicyclic) bond motifs is 4. The van der Waals surface area contributed by atoms with Crippen molar-refractivity contribution in [2.24, 2.45) is 11.8 Å². The summed E-state index contributed by atoms with van der Waals surface area (Å²) in [6.07, 6.45) is 18.3. The van der Waals surface area contributed by atoms with Gasteiger partial charge in [-0.15, -0.1) is 0 Å². The third-order valence-corrected chi connectivity index (χ3v) is 28.5. The van der Waals surface area contributed by atoms with Crippen LogP contribution in [0.25, 0.3) is 20.4 Å². The van der Waals surface area contributed by atoms with Gasteiger partial charge in [0, 0.05) is 0 Å². The van der Waals surface area contributed by atoms with E-state index in [-0.39, 0.29) is 11.8 Å². The Kier molecular flexibility index (Phi) is 13.5. The van der Waals surface area contributed by atoms with E-state index in [0.29, 0.717) is 41.0 Å². The van der Waals surface area contributed by atoms with Crippen molar-refractivity contribution in [1.29, 1.82) is 0 Å². The Morgan fingerprint density at radius 2 is 1.37 bits per heavy atom. The van der Waals surface area contributed by atoms with E-state index in [9.17, 15) is 9.59 Å². The molecule has 4 aromatic heterocycles. The molecule has 0 radical (unpaired) electrons. The second-order valence-corrected chi connectivity index (χ2v) is 27.9. The summed E-state index contributed by atoms with van der Waals surface area (Å²) in [5.41, 5.74) is 0.994. The molecule has 4 aromatic rings. The van der Waals surface area contributed by atoms with Crippen molar-refractivity contribution in [3.63, 3.8) is 0 Å². The minimum absolute atomic E-state index is 0.165. The number of rotatable bonds is 21. The van der Waals surface area contributed by atoms with Gasteiger partial charge in [0.05, 0.1) is 0 Å². The van der Waals surface area contributed by atoms with Gasteiger partial charge < -0.3 is 0 Å². The Bertz CT molecular complexity index is 1840. The fourth-order valence-electron chi connectivity index (χ4n) is 8.83. The van der Waals surface area contributed by atoms with Crippen molar-refractivity contribution in [3.8, 4) is 20.4 Å². The van der Waals surface area contributed by atoms with Crippen molar-refractivity contribution < 1.29 is 14.0 Å². The van der Waals surface area contributed by atoms with Gasteiger partial charge in [0.1, 0.15) is 0 Å². The van der Waals surface area contributed by atoms with Crippen LogP contribution in [-0.4, -0.2) is 36.5 Å². The summed E-state index contributed by atoms with van der Waals surface area (Å²) in [6, 6.07) is 10.0. The van der Waals surface area contributed by atoms with Crippen LogP contribution in [0.2, 0.25) is 5.25 Å². The molecular weight excluding hydrogens is 759 g/mol. The van der Waals surface area contributed by atoms with Gasteiger partial charge in [-0.05, 0) is 0 Å². The quantitative estimate of drug-likeness (QED) is 0.0478. The van der Waals surface area contributed by atoms with E-state index in [1.807, 2.05) is 29.6 Å². The Morgan fingerprint density at radius 3 is 2.08 bits per heavy atom. The minimum atomic E-state index is -3.17. The van der Waals surface area contributed by atoms with Crippen molar-refractivity contribution >= 4 is 71.6 Å². The predicted molar refractivity (Wildman–Crippen MR) is 228 cm³/mol. The van der Waals surface area contributed by atoms with Crippen molar-refractivity contribution in [2.45, 2.75) is 150 Å². The van der Waals surface area contributed by atoms with Gasteiger partial charge in [-0.3, -0.25) is 0 Å². The number of hydrogen-bond acceptors (Lipinski definition) is 6. The molecule has 6 rings (SSSR count). The van der Waals surface area contributed by atoms with Gasteiger partial charge in [-0.25, -0.2) is 0 Å². The summed E-state index contributed by atoms with van der Waals surface area (Å²) < 4.78 is 11.4. The molecule has 282 valence electrons. The molecule has 4 nitrogen and oxygen atoms in total. The van der Waals surface area contributed by atoms with Crippen molar-refractivity contribution in [3.05, 3.63) is 50.9 Å². The molecule has 0 aliphatic carbocycles. The molecule has 8 heteroatoms. The van der Waals surface area contributed by atoms with E-state index in [1.54, 1.807) is 12.5 Å². The number of carbonyl (C=O) groups excluding carboxylic acids is 2. The third kappa shape index (κ3) is 7.64. The fraction of sp³-hybridized carbons (Fsp3) is 0.591. The molecule has 0 fully saturated rings. The molecule has 0 aromatic carbocycles. The number of hydrogen-bond donors (Lipinski definition) is 0. The molecular formula is C44H61GeNO3S3. The van der Waals surface area contributed by atoms with E-state index in [0.717, 1.165) is 37.0 Å². The second kappa shape index (κ2) is 17.7. The van der Waals surface area contributed by atoms with Gasteiger partial charge >= 0.3 is 323 Å². The van der Waals surface area contributed by atoms with Gasteiger partial charge in [-0.2, -0.15) is 0 Å². The van der Waals surface area contributed by atoms with Crippen molar-refractivity contribution in [2.75, 3.05) is 6.54 Å². The summed E-state index contributed by atoms with van der Waals surface area (Å²) in [5.74, 6) is 1.90. The number of imide groups is 1. The molecule has 0 saturated heterocycles. The first-order chi connectivity index (χ1) is 25.2. The van der Waals surface area contributed by atoms with Gasteiger partial charge in [0.25, 0.3) is 0 Å². The Morgan fingerprint density at radius 1 is 0.712 bits per heavy atom. The number of carbonyl (C=O) groups is 2. The van der Waals surface area contributed by atoms with Crippen molar-refractivity contribution in [1.82, 2.24) is 4.90 Å². The fourth-order valence-corrected chi connectivity index (χ4v) is 29.2. The molecule has 2 amide bonds. The monoisotopic (exact) mass is 821 g/mol. The first-order valence-electron chi connectivity index (χ1n) is 20.6. The Balaban J connectivity index is 1.46. The van der Waals surface area contributed by atoms with E-state index < -0.39 is 13.3 Å². The molecule has 0 N–H and O–H groups in total. The zero-order chi connectivity index (χ0) is 37.0.